The van der Waals surface area contributed by atoms with E-state index in [9.17, 15) is 24.2 Å². The third-order valence-corrected chi connectivity index (χ3v) is 8.43. The summed E-state index contributed by atoms with van der Waals surface area (Å²) in [6, 6.07) is 0. The van der Waals surface area contributed by atoms with Crippen molar-refractivity contribution < 1.29 is 37.9 Å². The van der Waals surface area contributed by atoms with Crippen molar-refractivity contribution in [2.75, 3.05) is 26.4 Å². The molecule has 0 rings (SSSR count). The first kappa shape index (κ1) is 42.8. The topological polar surface area (TPSA) is 131 Å². The van der Waals surface area contributed by atoms with E-state index in [1.54, 1.807) is 0 Å². The fourth-order valence-corrected chi connectivity index (χ4v) is 5.48. The Morgan fingerprint density at radius 1 is 0.682 bits per heavy atom. The van der Waals surface area contributed by atoms with Gasteiger partial charge in [0.1, 0.15) is 12.7 Å². The van der Waals surface area contributed by atoms with Gasteiger partial charge < -0.3 is 20.1 Å². The Kier molecular flexibility index (Phi) is 30.8. The van der Waals surface area contributed by atoms with Gasteiger partial charge in [0.15, 0.2) is 0 Å². The number of phosphoric ester groups is 1. The first-order valence-corrected chi connectivity index (χ1v) is 19.2. The van der Waals surface area contributed by atoms with Gasteiger partial charge in [-0.1, -0.05) is 122 Å². The van der Waals surface area contributed by atoms with Crippen LogP contribution in [0.15, 0.2) is 12.2 Å². The maximum absolute atomic E-state index is 12.0. The standard InChI is InChI=1S/C34H66NO8P/c1-3-5-7-9-11-13-14-15-16-17-18-19-21-23-25-27-34(38)41-30-32(36)31-43-44(39,40)42-29-28-35-33(37)26-24-22-20-12-10-8-6-4-2/h15-16,32,36H,3-14,17-31H2,1-2H3,(H,35,37)(H,39,40)/b16-15-. The molecule has 9 nitrogen and oxygen atoms in total. The van der Waals surface area contributed by atoms with Crippen LogP contribution in [-0.2, 0) is 27.9 Å². The molecule has 10 heteroatoms. The summed E-state index contributed by atoms with van der Waals surface area (Å²) in [5.74, 6) is -0.528. The maximum atomic E-state index is 12.0. The molecule has 0 saturated heterocycles. The summed E-state index contributed by atoms with van der Waals surface area (Å²) < 4.78 is 26.6. The number of carbonyl (C=O) groups excluding carboxylic acids is 2. The number of ether oxygens (including phenoxy) is 1. The summed E-state index contributed by atoms with van der Waals surface area (Å²) in [4.78, 5) is 33.6. The molecule has 0 heterocycles. The molecule has 0 aliphatic carbocycles. The van der Waals surface area contributed by atoms with Crippen LogP contribution < -0.4 is 5.32 Å². The second-order valence-corrected chi connectivity index (χ2v) is 13.3. The molecule has 2 atom stereocenters. The Labute approximate surface area is 268 Å². The van der Waals surface area contributed by atoms with E-state index in [2.05, 4.69) is 31.3 Å². The Morgan fingerprint density at radius 2 is 1.16 bits per heavy atom. The van der Waals surface area contributed by atoms with Crippen molar-refractivity contribution in [3.8, 4) is 0 Å². The first-order chi connectivity index (χ1) is 21.3. The van der Waals surface area contributed by atoms with Gasteiger partial charge in [-0.25, -0.2) is 4.57 Å². The zero-order chi connectivity index (χ0) is 32.6. The number of carbonyl (C=O) groups is 2. The van der Waals surface area contributed by atoms with Gasteiger partial charge >= 0.3 is 13.8 Å². The number of esters is 1. The van der Waals surface area contributed by atoms with Gasteiger partial charge in [-0.15, -0.1) is 0 Å². The zero-order valence-corrected chi connectivity index (χ0v) is 29.0. The van der Waals surface area contributed by atoms with E-state index in [4.69, 9.17) is 13.8 Å². The molecule has 44 heavy (non-hydrogen) atoms. The summed E-state index contributed by atoms with van der Waals surface area (Å²) in [6.07, 6.45) is 28.6. The van der Waals surface area contributed by atoms with Gasteiger partial charge in [0.05, 0.1) is 13.2 Å². The fourth-order valence-electron chi connectivity index (χ4n) is 4.73. The Bertz CT molecular complexity index is 749. The largest absolute Gasteiger partial charge is 0.472 e. The first-order valence-electron chi connectivity index (χ1n) is 17.7. The van der Waals surface area contributed by atoms with E-state index in [0.29, 0.717) is 6.42 Å². The normalized spacial score (nSPS) is 13.6. The lowest BCUT2D eigenvalue weighted by Gasteiger charge is -2.15. The third-order valence-electron chi connectivity index (χ3n) is 7.45. The minimum Gasteiger partial charge on any atom is -0.463 e. The van der Waals surface area contributed by atoms with Crippen LogP contribution >= 0.6 is 7.82 Å². The van der Waals surface area contributed by atoms with Crippen LogP contribution in [-0.4, -0.2) is 54.3 Å². The van der Waals surface area contributed by atoms with Crippen LogP contribution in [0.2, 0.25) is 0 Å². The van der Waals surface area contributed by atoms with E-state index in [1.165, 1.54) is 77.0 Å². The molecular formula is C34H66NO8P. The van der Waals surface area contributed by atoms with Gasteiger partial charge in [-0.05, 0) is 38.5 Å². The quantitative estimate of drug-likeness (QED) is 0.0279. The molecule has 0 fully saturated rings. The van der Waals surface area contributed by atoms with Crippen LogP contribution in [0.5, 0.6) is 0 Å². The smallest absolute Gasteiger partial charge is 0.463 e. The molecule has 0 aromatic heterocycles. The monoisotopic (exact) mass is 647 g/mol. The summed E-state index contributed by atoms with van der Waals surface area (Å²) in [5, 5.41) is 12.6. The number of aliphatic hydroxyl groups excluding tert-OH is 1. The summed E-state index contributed by atoms with van der Waals surface area (Å²) in [6.45, 7) is 3.49. The molecule has 0 aliphatic heterocycles. The minimum absolute atomic E-state index is 0.0836. The van der Waals surface area contributed by atoms with Gasteiger partial charge in [0, 0.05) is 19.4 Å². The van der Waals surface area contributed by atoms with Crippen LogP contribution in [0.1, 0.15) is 162 Å². The van der Waals surface area contributed by atoms with Gasteiger partial charge in [-0.3, -0.25) is 18.6 Å². The number of amides is 1. The highest BCUT2D eigenvalue weighted by atomic mass is 31.2. The van der Waals surface area contributed by atoms with Crippen molar-refractivity contribution in [2.24, 2.45) is 0 Å². The molecule has 0 spiro atoms. The number of rotatable bonds is 33. The highest BCUT2D eigenvalue weighted by molar-refractivity contribution is 7.47. The Morgan fingerprint density at radius 3 is 1.70 bits per heavy atom. The molecule has 0 aromatic carbocycles. The van der Waals surface area contributed by atoms with Crippen LogP contribution in [0.3, 0.4) is 0 Å². The summed E-state index contributed by atoms with van der Waals surface area (Å²) in [7, 11) is -4.40. The number of phosphoric acid groups is 1. The average molecular weight is 648 g/mol. The molecule has 0 radical (unpaired) electrons. The second-order valence-electron chi connectivity index (χ2n) is 11.8. The lowest BCUT2D eigenvalue weighted by Crippen LogP contribution is -2.27. The van der Waals surface area contributed by atoms with Crippen molar-refractivity contribution in [2.45, 2.75) is 168 Å². The Balaban J connectivity index is 3.64. The summed E-state index contributed by atoms with van der Waals surface area (Å²) >= 11 is 0. The lowest BCUT2D eigenvalue weighted by atomic mass is 10.1. The summed E-state index contributed by atoms with van der Waals surface area (Å²) in [5.41, 5.74) is 0. The molecular weight excluding hydrogens is 581 g/mol. The third kappa shape index (κ3) is 32.2. The molecule has 2 unspecified atom stereocenters. The number of nitrogens with one attached hydrogen (secondary N) is 1. The minimum atomic E-state index is -4.40. The van der Waals surface area contributed by atoms with Crippen molar-refractivity contribution in [3.05, 3.63) is 12.2 Å². The number of hydrogen-bond acceptors (Lipinski definition) is 7. The van der Waals surface area contributed by atoms with E-state index >= 15 is 0 Å². The Hall–Kier alpha value is -1.25. The number of allylic oxidation sites excluding steroid dienone is 2. The number of unbranched alkanes of at least 4 members (excludes halogenated alkanes) is 18. The molecule has 0 aliphatic rings. The maximum Gasteiger partial charge on any atom is 0.472 e. The molecule has 260 valence electrons. The highest BCUT2D eigenvalue weighted by Crippen LogP contribution is 2.42. The van der Waals surface area contributed by atoms with Crippen LogP contribution in [0.25, 0.3) is 0 Å². The second kappa shape index (κ2) is 31.7. The van der Waals surface area contributed by atoms with Crippen molar-refractivity contribution in [1.29, 1.82) is 0 Å². The van der Waals surface area contributed by atoms with Gasteiger partial charge in [-0.2, -0.15) is 0 Å². The van der Waals surface area contributed by atoms with Gasteiger partial charge in [0.25, 0.3) is 0 Å². The SMILES string of the molecule is CCCCCCCC/C=C\CCCCCCCC(=O)OCC(O)COP(=O)(O)OCCNC(=O)CCCCCCCCCC. The van der Waals surface area contributed by atoms with Crippen LogP contribution in [0.4, 0.5) is 0 Å². The van der Waals surface area contributed by atoms with E-state index < -0.39 is 26.5 Å². The zero-order valence-electron chi connectivity index (χ0n) is 28.1. The van der Waals surface area contributed by atoms with Gasteiger partial charge in [0.2, 0.25) is 5.91 Å². The molecule has 3 N–H and O–H groups in total. The molecule has 0 aromatic rings. The fraction of sp³-hybridized carbons (Fsp3) is 0.882. The van der Waals surface area contributed by atoms with E-state index in [0.717, 1.165) is 57.8 Å². The highest BCUT2D eigenvalue weighted by Gasteiger charge is 2.23. The van der Waals surface area contributed by atoms with E-state index in [-0.39, 0.29) is 32.1 Å². The van der Waals surface area contributed by atoms with Crippen LogP contribution in [0, 0.1) is 0 Å². The lowest BCUT2D eigenvalue weighted by molar-refractivity contribution is -0.147. The predicted octanol–water partition coefficient (Wildman–Crippen LogP) is 8.71. The van der Waals surface area contributed by atoms with E-state index in [1.807, 2.05) is 0 Å². The molecule has 1 amide bonds. The number of hydrogen-bond donors (Lipinski definition) is 3. The predicted molar refractivity (Wildman–Crippen MR) is 178 cm³/mol. The number of aliphatic hydroxyl groups is 1. The van der Waals surface area contributed by atoms with Crippen molar-refractivity contribution in [1.82, 2.24) is 5.32 Å². The van der Waals surface area contributed by atoms with Crippen molar-refractivity contribution >= 4 is 19.7 Å². The molecule has 0 saturated carbocycles. The average Bonchev–Trinajstić information content (AvgIpc) is 3.00. The molecule has 0 bridgehead atoms. The van der Waals surface area contributed by atoms with Crippen molar-refractivity contribution in [3.63, 3.8) is 0 Å².